The summed E-state index contributed by atoms with van der Waals surface area (Å²) in [5.74, 6) is -2.31. The Kier molecular flexibility index (Phi) is 23.1. The fourth-order valence-electron chi connectivity index (χ4n) is 0.900. The molecular formula is C8H10Na4O6S. The first-order valence-corrected chi connectivity index (χ1v) is 4.80. The number of thiol groups is 1. The maximum atomic E-state index is 11.0. The van der Waals surface area contributed by atoms with Crippen LogP contribution in [0, 0.1) is 0 Å². The number of carbonyl (C=O) groups is 2. The third-order valence-electron chi connectivity index (χ3n) is 1.50. The zero-order valence-electron chi connectivity index (χ0n) is 7.25. The molecule has 0 aliphatic rings. The first kappa shape index (κ1) is 29.2. The fraction of sp³-hybridized carbons (Fsp3) is 0. The number of carboxylic acid groups (broad SMARTS) is 1. The Bertz CT molecular complexity index is 482. The average Bonchev–Trinajstić information content (AvgIpc) is 2.17. The summed E-state index contributed by atoms with van der Waals surface area (Å²) in [6.45, 7) is 0. The number of carbonyl (C=O) groups excluding carboxylic acids is 1. The summed E-state index contributed by atoms with van der Waals surface area (Å²) < 4.78 is 24.1. The maximum absolute atomic E-state index is 11.0. The summed E-state index contributed by atoms with van der Waals surface area (Å²) in [5, 5.41) is 8.60. The van der Waals surface area contributed by atoms with Crippen molar-refractivity contribution in [1.29, 1.82) is 0 Å². The summed E-state index contributed by atoms with van der Waals surface area (Å²) >= 11 is 0. The van der Waals surface area contributed by atoms with Gasteiger partial charge < -0.3 is 9.29 Å². The predicted molar refractivity (Wildman–Crippen MR) is 77.7 cm³/mol. The van der Waals surface area contributed by atoms with E-state index < -0.39 is 22.9 Å². The first-order valence-electron chi connectivity index (χ1n) is 3.71. The molecule has 0 saturated carbocycles. The molecule has 0 radical (unpaired) electrons. The minimum absolute atomic E-state index is 0. The standard InChI is InChI=1S/C8H6O6S.4Na.4H/c9-7(10)5-2-1-3-6(4-5)8(11)14-15(12)13;;;;;;;;/h1-4,15H,(H,9,10);;;;;;;;. The Labute approximate surface area is 200 Å². The van der Waals surface area contributed by atoms with Gasteiger partial charge in [0, 0.05) is 0 Å². The second-order valence-electron chi connectivity index (χ2n) is 2.49. The van der Waals surface area contributed by atoms with E-state index in [4.69, 9.17) is 5.11 Å². The fourth-order valence-corrected chi connectivity index (χ4v) is 1.14. The van der Waals surface area contributed by atoms with E-state index in [2.05, 4.69) is 4.18 Å². The molecule has 0 aromatic heterocycles. The van der Waals surface area contributed by atoms with Gasteiger partial charge in [0.2, 0.25) is 0 Å². The van der Waals surface area contributed by atoms with Gasteiger partial charge >= 0.3 is 141 Å². The van der Waals surface area contributed by atoms with Crippen molar-refractivity contribution >= 4 is 141 Å². The number of rotatable bonds is 3. The molecule has 1 aromatic carbocycles. The first-order chi connectivity index (χ1) is 7.00. The van der Waals surface area contributed by atoms with E-state index >= 15 is 0 Å². The normalized spacial score (nSPS) is 7.84. The number of hydrogen-bond acceptors (Lipinski definition) is 5. The predicted octanol–water partition coefficient (Wildman–Crippen LogP) is -2.53. The zero-order chi connectivity index (χ0) is 11.4. The van der Waals surface area contributed by atoms with Crippen molar-refractivity contribution in [3.63, 3.8) is 0 Å². The van der Waals surface area contributed by atoms with Crippen LogP contribution >= 0.6 is 0 Å². The van der Waals surface area contributed by atoms with E-state index in [1.807, 2.05) is 0 Å². The van der Waals surface area contributed by atoms with Gasteiger partial charge in [-0.05, 0) is 18.2 Å². The van der Waals surface area contributed by atoms with Gasteiger partial charge in [0.05, 0.1) is 11.1 Å². The SMILES string of the molecule is O=C(O)c1cccc(C(=O)O[SH](=O)=O)c1.[NaH].[NaH].[NaH].[NaH]. The molecule has 0 fully saturated rings. The molecule has 0 spiro atoms. The van der Waals surface area contributed by atoms with Crippen molar-refractivity contribution in [2.75, 3.05) is 0 Å². The van der Waals surface area contributed by atoms with Gasteiger partial charge in [0.25, 0.3) is 0 Å². The number of aromatic carboxylic acids is 1. The molecule has 11 heteroatoms. The average molecular weight is 326 g/mol. The van der Waals surface area contributed by atoms with E-state index in [9.17, 15) is 18.0 Å². The molecule has 0 aliphatic carbocycles. The minimum atomic E-state index is -3.29. The molecule has 0 heterocycles. The van der Waals surface area contributed by atoms with E-state index in [1.165, 1.54) is 18.2 Å². The molecule has 0 amide bonds. The van der Waals surface area contributed by atoms with Crippen LogP contribution in [-0.4, -0.2) is 144 Å². The monoisotopic (exact) mass is 326 g/mol. The van der Waals surface area contributed by atoms with Crippen LogP contribution in [0.1, 0.15) is 20.7 Å². The van der Waals surface area contributed by atoms with Gasteiger partial charge in [-0.25, -0.2) is 9.59 Å². The molecule has 0 aliphatic heterocycles. The van der Waals surface area contributed by atoms with Crippen molar-refractivity contribution in [2.24, 2.45) is 0 Å². The zero-order valence-corrected chi connectivity index (χ0v) is 8.14. The third kappa shape index (κ3) is 11.3. The number of carboxylic acids is 1. The van der Waals surface area contributed by atoms with Crippen LogP contribution in [-0.2, 0) is 15.2 Å². The van der Waals surface area contributed by atoms with Gasteiger partial charge in [-0.1, -0.05) is 6.07 Å². The molecule has 19 heavy (non-hydrogen) atoms. The molecule has 1 aromatic rings. The second kappa shape index (κ2) is 15.0. The van der Waals surface area contributed by atoms with Gasteiger partial charge in [0.1, 0.15) is 0 Å². The van der Waals surface area contributed by atoms with Crippen LogP contribution in [0.25, 0.3) is 0 Å². The molecule has 0 atom stereocenters. The quantitative estimate of drug-likeness (QED) is 0.470. The van der Waals surface area contributed by atoms with E-state index in [0.717, 1.165) is 6.07 Å². The molecule has 6 nitrogen and oxygen atoms in total. The van der Waals surface area contributed by atoms with E-state index in [-0.39, 0.29) is 129 Å². The molecule has 0 saturated heterocycles. The van der Waals surface area contributed by atoms with Crippen molar-refractivity contribution in [3.05, 3.63) is 35.4 Å². The Balaban J connectivity index is -0.000000281. The molecule has 0 unspecified atom stereocenters. The molecule has 1 rings (SSSR count). The Morgan fingerprint density at radius 3 is 1.89 bits per heavy atom. The van der Waals surface area contributed by atoms with Crippen LogP contribution in [0.15, 0.2) is 24.3 Å². The topological polar surface area (TPSA) is 97.7 Å². The Morgan fingerprint density at radius 2 is 1.47 bits per heavy atom. The van der Waals surface area contributed by atoms with Gasteiger partial charge in [0.15, 0.2) is 0 Å². The third-order valence-corrected chi connectivity index (χ3v) is 1.82. The summed E-state index contributed by atoms with van der Waals surface area (Å²) in [5.41, 5.74) is -0.250. The summed E-state index contributed by atoms with van der Waals surface area (Å²) in [4.78, 5) is 21.6. The summed E-state index contributed by atoms with van der Waals surface area (Å²) in [6.07, 6.45) is 0. The van der Waals surface area contributed by atoms with Crippen LogP contribution in [0.3, 0.4) is 0 Å². The van der Waals surface area contributed by atoms with Gasteiger partial charge in [-0.15, -0.1) is 0 Å². The van der Waals surface area contributed by atoms with Crippen LogP contribution in [0.4, 0.5) is 0 Å². The van der Waals surface area contributed by atoms with Crippen LogP contribution in [0.2, 0.25) is 0 Å². The molecule has 88 valence electrons. The van der Waals surface area contributed by atoms with E-state index in [1.54, 1.807) is 0 Å². The Morgan fingerprint density at radius 1 is 1.00 bits per heavy atom. The van der Waals surface area contributed by atoms with Crippen molar-refractivity contribution in [3.8, 4) is 0 Å². The number of benzene rings is 1. The molecule has 0 bridgehead atoms. The molecule has 1 N–H and O–H groups in total. The van der Waals surface area contributed by atoms with Crippen LogP contribution < -0.4 is 0 Å². The van der Waals surface area contributed by atoms with Gasteiger partial charge in [-0.3, -0.25) is 0 Å². The van der Waals surface area contributed by atoms with Crippen molar-refractivity contribution < 1.29 is 27.3 Å². The second-order valence-corrected chi connectivity index (χ2v) is 3.12. The van der Waals surface area contributed by atoms with Crippen molar-refractivity contribution in [2.45, 2.75) is 0 Å². The van der Waals surface area contributed by atoms with Crippen molar-refractivity contribution in [1.82, 2.24) is 0 Å². The number of hydrogen-bond donors (Lipinski definition) is 2. The summed E-state index contributed by atoms with van der Waals surface area (Å²) in [6, 6.07) is 4.88. The summed E-state index contributed by atoms with van der Waals surface area (Å²) in [7, 11) is -3.29. The van der Waals surface area contributed by atoms with E-state index in [0.29, 0.717) is 0 Å². The van der Waals surface area contributed by atoms with Gasteiger partial charge in [-0.2, -0.15) is 8.42 Å². The molecular weight excluding hydrogens is 316 g/mol. The van der Waals surface area contributed by atoms with Crippen LogP contribution in [0.5, 0.6) is 0 Å². The Hall–Kier alpha value is 2.11.